The highest BCUT2D eigenvalue weighted by Gasteiger charge is 2.44. The molecule has 0 aromatic carbocycles. The van der Waals surface area contributed by atoms with Crippen molar-refractivity contribution in [3.63, 3.8) is 0 Å². The summed E-state index contributed by atoms with van der Waals surface area (Å²) in [5.41, 5.74) is 1.57. The topological polar surface area (TPSA) is 33.1 Å². The molecule has 1 fully saturated rings. The van der Waals surface area contributed by atoms with Crippen molar-refractivity contribution >= 4 is 0 Å². The molecule has 0 aliphatic heterocycles. The molecule has 0 spiro atoms. The van der Waals surface area contributed by atoms with Gasteiger partial charge in [-0.2, -0.15) is 5.10 Å². The van der Waals surface area contributed by atoms with Crippen LogP contribution in [-0.2, 0) is 6.54 Å². The summed E-state index contributed by atoms with van der Waals surface area (Å²) in [5.74, 6) is 0. The Balaban J connectivity index is 2.34. The van der Waals surface area contributed by atoms with Crippen molar-refractivity contribution in [3.8, 4) is 0 Å². The van der Waals surface area contributed by atoms with Gasteiger partial charge in [-0.25, -0.2) is 0 Å². The molecule has 0 radical (unpaired) electrons. The first kappa shape index (κ1) is 14.5. The largest absolute Gasteiger partial charge is 0.310 e. The Morgan fingerprint density at radius 1 is 1.42 bits per heavy atom. The summed E-state index contributed by atoms with van der Waals surface area (Å²) in [6, 6.07) is 2.54. The highest BCUT2D eigenvalue weighted by atomic mass is 15.3. The van der Waals surface area contributed by atoms with Crippen LogP contribution in [-0.4, -0.2) is 41.4 Å². The van der Waals surface area contributed by atoms with Crippen LogP contribution in [0.5, 0.6) is 0 Å². The van der Waals surface area contributed by atoms with Crippen LogP contribution in [0.2, 0.25) is 0 Å². The van der Waals surface area contributed by atoms with E-state index in [1.165, 1.54) is 31.4 Å². The maximum Gasteiger partial charge on any atom is 0.0676 e. The SMILES string of the molecule is CCCn1nccc1C(NC)C1(N(C)C)CCCC1. The van der Waals surface area contributed by atoms with Gasteiger partial charge in [0.05, 0.1) is 11.7 Å². The lowest BCUT2D eigenvalue weighted by Crippen LogP contribution is -2.51. The molecule has 19 heavy (non-hydrogen) atoms. The van der Waals surface area contributed by atoms with Crippen LogP contribution in [0.15, 0.2) is 12.3 Å². The number of aryl methyl sites for hydroxylation is 1. The van der Waals surface area contributed by atoms with Gasteiger partial charge < -0.3 is 10.2 Å². The molecular formula is C15H28N4. The van der Waals surface area contributed by atoms with E-state index in [9.17, 15) is 0 Å². The van der Waals surface area contributed by atoms with Crippen LogP contribution in [0.4, 0.5) is 0 Å². The number of hydrogen-bond acceptors (Lipinski definition) is 3. The molecule has 1 aliphatic rings. The summed E-state index contributed by atoms with van der Waals surface area (Å²) in [6.45, 7) is 3.21. The van der Waals surface area contributed by atoms with Crippen LogP contribution in [0.25, 0.3) is 0 Å². The van der Waals surface area contributed by atoms with Gasteiger partial charge in [-0.1, -0.05) is 19.8 Å². The average molecular weight is 264 g/mol. The summed E-state index contributed by atoms with van der Waals surface area (Å²) in [4.78, 5) is 2.42. The first-order chi connectivity index (χ1) is 9.15. The second-order valence-electron chi connectivity index (χ2n) is 5.91. The van der Waals surface area contributed by atoms with E-state index in [4.69, 9.17) is 0 Å². The average Bonchev–Trinajstić information content (AvgIpc) is 3.02. The third kappa shape index (κ3) is 2.56. The van der Waals surface area contributed by atoms with Crippen molar-refractivity contribution in [3.05, 3.63) is 18.0 Å². The molecule has 1 saturated carbocycles. The van der Waals surface area contributed by atoms with E-state index in [2.05, 4.69) is 54.1 Å². The molecule has 1 aromatic heterocycles. The Hall–Kier alpha value is -0.870. The van der Waals surface area contributed by atoms with Gasteiger partial charge in [0.1, 0.15) is 0 Å². The summed E-state index contributed by atoms with van der Waals surface area (Å²) in [5, 5.41) is 8.06. The number of nitrogens with zero attached hydrogens (tertiary/aromatic N) is 3. The van der Waals surface area contributed by atoms with E-state index in [1.54, 1.807) is 0 Å². The maximum absolute atomic E-state index is 4.49. The lowest BCUT2D eigenvalue weighted by Gasteiger charge is -2.43. The Kier molecular flexibility index (Phi) is 4.63. The van der Waals surface area contributed by atoms with Crippen molar-refractivity contribution in [2.45, 2.75) is 57.2 Å². The lowest BCUT2D eigenvalue weighted by molar-refractivity contribution is 0.104. The van der Waals surface area contributed by atoms with Crippen LogP contribution < -0.4 is 5.32 Å². The zero-order chi connectivity index (χ0) is 13.9. The maximum atomic E-state index is 4.49. The molecule has 0 saturated heterocycles. The third-order valence-corrected chi connectivity index (χ3v) is 4.67. The van der Waals surface area contributed by atoms with Crippen LogP contribution in [0, 0.1) is 0 Å². The van der Waals surface area contributed by atoms with Gasteiger partial charge >= 0.3 is 0 Å². The molecule has 1 heterocycles. The van der Waals surface area contributed by atoms with Gasteiger partial charge in [0.25, 0.3) is 0 Å². The molecule has 1 unspecified atom stereocenters. The molecule has 108 valence electrons. The van der Waals surface area contributed by atoms with Gasteiger partial charge in [0.2, 0.25) is 0 Å². The third-order valence-electron chi connectivity index (χ3n) is 4.67. The van der Waals surface area contributed by atoms with Gasteiger partial charge in [0.15, 0.2) is 0 Å². The van der Waals surface area contributed by atoms with Crippen LogP contribution >= 0.6 is 0 Å². The minimum Gasteiger partial charge on any atom is -0.310 e. The Labute approximate surface area is 117 Å². The monoisotopic (exact) mass is 264 g/mol. The van der Waals surface area contributed by atoms with Crippen molar-refractivity contribution in [1.82, 2.24) is 20.0 Å². The standard InChI is InChI=1S/C15H28N4/c1-5-12-19-13(8-11-17-19)14(16-2)15(18(3)4)9-6-7-10-15/h8,11,14,16H,5-7,9-10,12H2,1-4H3. The molecular weight excluding hydrogens is 236 g/mol. The van der Waals surface area contributed by atoms with Gasteiger partial charge in [-0.3, -0.25) is 4.68 Å². The molecule has 4 heteroatoms. The number of rotatable bonds is 6. The number of aromatic nitrogens is 2. The summed E-state index contributed by atoms with van der Waals surface area (Å²) < 4.78 is 2.17. The second-order valence-corrected chi connectivity index (χ2v) is 5.91. The quantitative estimate of drug-likeness (QED) is 0.856. The Bertz CT molecular complexity index is 391. The predicted molar refractivity (Wildman–Crippen MR) is 79.2 cm³/mol. The molecule has 1 aliphatic carbocycles. The second kappa shape index (κ2) is 6.06. The van der Waals surface area contributed by atoms with Crippen LogP contribution in [0.1, 0.15) is 50.8 Å². The van der Waals surface area contributed by atoms with E-state index in [-0.39, 0.29) is 5.54 Å². The van der Waals surface area contributed by atoms with E-state index in [0.29, 0.717) is 6.04 Å². The molecule has 2 rings (SSSR count). The first-order valence-corrected chi connectivity index (χ1v) is 7.52. The zero-order valence-electron chi connectivity index (χ0n) is 12.8. The van der Waals surface area contributed by atoms with E-state index >= 15 is 0 Å². The molecule has 1 N–H and O–H groups in total. The highest BCUT2D eigenvalue weighted by Crippen LogP contribution is 2.43. The number of nitrogens with one attached hydrogen (secondary N) is 1. The highest BCUT2D eigenvalue weighted by molar-refractivity contribution is 5.16. The van der Waals surface area contributed by atoms with E-state index in [1.807, 2.05) is 6.20 Å². The van der Waals surface area contributed by atoms with Crippen molar-refractivity contribution in [1.29, 1.82) is 0 Å². The Morgan fingerprint density at radius 2 is 2.11 bits per heavy atom. The summed E-state index contributed by atoms with van der Waals surface area (Å²) in [7, 11) is 6.52. The minimum absolute atomic E-state index is 0.236. The van der Waals surface area contributed by atoms with Gasteiger partial charge in [0, 0.05) is 18.3 Å². The number of likely N-dealkylation sites (N-methyl/N-ethyl adjacent to an activating group) is 2. The molecule has 1 aromatic rings. The fraction of sp³-hybridized carbons (Fsp3) is 0.800. The summed E-state index contributed by atoms with van der Waals surface area (Å²) in [6.07, 6.45) is 8.26. The van der Waals surface area contributed by atoms with Crippen molar-refractivity contribution in [2.75, 3.05) is 21.1 Å². The molecule has 4 nitrogen and oxygen atoms in total. The first-order valence-electron chi connectivity index (χ1n) is 7.52. The van der Waals surface area contributed by atoms with E-state index < -0.39 is 0 Å². The minimum atomic E-state index is 0.236. The Morgan fingerprint density at radius 3 is 2.63 bits per heavy atom. The number of hydrogen-bond donors (Lipinski definition) is 1. The van der Waals surface area contributed by atoms with Crippen LogP contribution in [0.3, 0.4) is 0 Å². The van der Waals surface area contributed by atoms with Gasteiger partial charge in [-0.05, 0) is 46.5 Å². The normalized spacial score (nSPS) is 20.1. The zero-order valence-corrected chi connectivity index (χ0v) is 12.8. The molecule has 0 bridgehead atoms. The predicted octanol–water partition coefficient (Wildman–Crippen LogP) is 2.43. The smallest absolute Gasteiger partial charge is 0.0676 e. The molecule has 0 amide bonds. The van der Waals surface area contributed by atoms with Crippen molar-refractivity contribution in [2.24, 2.45) is 0 Å². The fourth-order valence-electron chi connectivity index (χ4n) is 3.66. The van der Waals surface area contributed by atoms with Crippen molar-refractivity contribution < 1.29 is 0 Å². The lowest BCUT2D eigenvalue weighted by atomic mass is 9.84. The summed E-state index contributed by atoms with van der Waals surface area (Å²) >= 11 is 0. The fourth-order valence-corrected chi connectivity index (χ4v) is 3.66. The van der Waals surface area contributed by atoms with Gasteiger partial charge in [-0.15, -0.1) is 0 Å². The molecule has 1 atom stereocenters. The van der Waals surface area contributed by atoms with E-state index in [0.717, 1.165) is 13.0 Å².